The monoisotopic (exact) mass is 332 g/mol. The first-order valence-electron chi connectivity index (χ1n) is 8.08. The van der Waals surface area contributed by atoms with Crippen molar-refractivity contribution in [3.63, 3.8) is 0 Å². The van der Waals surface area contributed by atoms with Crippen LogP contribution in [0.25, 0.3) is 11.1 Å². The highest BCUT2D eigenvalue weighted by Crippen LogP contribution is 2.21. The molecule has 4 heteroatoms. The zero-order chi connectivity index (χ0) is 17.5. The fourth-order valence-electron chi connectivity index (χ4n) is 2.52. The third kappa shape index (κ3) is 4.61. The Morgan fingerprint density at radius 1 is 0.880 bits per heavy atom. The highest BCUT2D eigenvalue weighted by molar-refractivity contribution is 5.89. The van der Waals surface area contributed by atoms with Crippen molar-refractivity contribution in [2.75, 3.05) is 12.4 Å². The molecule has 0 unspecified atom stereocenters. The van der Waals surface area contributed by atoms with Crippen LogP contribution >= 0.6 is 0 Å². The van der Waals surface area contributed by atoms with Gasteiger partial charge in [0.2, 0.25) is 0 Å². The third-order valence-electron chi connectivity index (χ3n) is 3.84. The van der Waals surface area contributed by atoms with Crippen molar-refractivity contribution in [1.82, 2.24) is 5.32 Å². The van der Waals surface area contributed by atoms with Gasteiger partial charge in [-0.15, -0.1) is 0 Å². The summed E-state index contributed by atoms with van der Waals surface area (Å²) in [7, 11) is 1.62. The van der Waals surface area contributed by atoms with E-state index in [4.69, 9.17) is 4.74 Å². The van der Waals surface area contributed by atoms with Crippen molar-refractivity contribution in [3.05, 3.63) is 84.4 Å². The van der Waals surface area contributed by atoms with E-state index >= 15 is 0 Å². The van der Waals surface area contributed by atoms with Crippen molar-refractivity contribution in [2.45, 2.75) is 6.54 Å². The molecule has 0 aliphatic rings. The minimum atomic E-state index is -0.240. The number of urea groups is 1. The van der Waals surface area contributed by atoms with Crippen molar-refractivity contribution < 1.29 is 9.53 Å². The van der Waals surface area contributed by atoms with Crippen LogP contribution in [-0.2, 0) is 6.54 Å². The van der Waals surface area contributed by atoms with Gasteiger partial charge in [0.1, 0.15) is 5.75 Å². The number of hydrogen-bond acceptors (Lipinski definition) is 2. The molecule has 126 valence electrons. The van der Waals surface area contributed by atoms with Crippen LogP contribution in [-0.4, -0.2) is 13.1 Å². The average molecular weight is 332 g/mol. The number of ether oxygens (including phenoxy) is 1. The normalized spacial score (nSPS) is 10.1. The molecule has 3 aromatic carbocycles. The Kier molecular flexibility index (Phi) is 5.32. The Morgan fingerprint density at radius 2 is 1.60 bits per heavy atom. The summed E-state index contributed by atoms with van der Waals surface area (Å²) >= 11 is 0. The highest BCUT2D eigenvalue weighted by Gasteiger charge is 2.03. The number of hydrogen-bond donors (Lipinski definition) is 2. The Balaban J connectivity index is 1.56. The van der Waals surface area contributed by atoms with Gasteiger partial charge in [-0.3, -0.25) is 0 Å². The molecule has 0 aliphatic carbocycles. The van der Waals surface area contributed by atoms with Crippen LogP contribution in [0.3, 0.4) is 0 Å². The van der Waals surface area contributed by atoms with Crippen LogP contribution < -0.4 is 15.4 Å². The Labute approximate surface area is 147 Å². The zero-order valence-electron chi connectivity index (χ0n) is 14.0. The first kappa shape index (κ1) is 16.6. The van der Waals surface area contributed by atoms with Gasteiger partial charge in [0.05, 0.1) is 7.11 Å². The van der Waals surface area contributed by atoms with Crippen LogP contribution in [0.4, 0.5) is 10.5 Å². The molecule has 3 aromatic rings. The minimum Gasteiger partial charge on any atom is -0.497 e. The predicted octanol–water partition coefficient (Wildman–Crippen LogP) is 4.68. The topological polar surface area (TPSA) is 50.4 Å². The Morgan fingerprint density at radius 3 is 2.32 bits per heavy atom. The Hall–Kier alpha value is -3.27. The number of anilines is 1. The number of benzene rings is 3. The van der Waals surface area contributed by atoms with Crippen LogP contribution in [0.15, 0.2) is 78.9 Å². The molecule has 0 heterocycles. The Bertz CT molecular complexity index is 830. The third-order valence-corrected chi connectivity index (χ3v) is 3.84. The van der Waals surface area contributed by atoms with E-state index in [9.17, 15) is 4.79 Å². The van der Waals surface area contributed by atoms with E-state index in [0.29, 0.717) is 6.54 Å². The second kappa shape index (κ2) is 8.02. The summed E-state index contributed by atoms with van der Waals surface area (Å²) in [5, 5.41) is 5.68. The largest absolute Gasteiger partial charge is 0.497 e. The van der Waals surface area contributed by atoms with Gasteiger partial charge < -0.3 is 15.4 Å². The van der Waals surface area contributed by atoms with Crippen LogP contribution in [0.2, 0.25) is 0 Å². The number of nitrogens with one attached hydrogen (secondary N) is 2. The van der Waals surface area contributed by atoms with Gasteiger partial charge in [0, 0.05) is 12.2 Å². The second-order valence-corrected chi connectivity index (χ2v) is 5.60. The summed E-state index contributed by atoms with van der Waals surface area (Å²) in [6, 6.07) is 25.3. The molecule has 0 aromatic heterocycles. The van der Waals surface area contributed by atoms with Crippen LogP contribution in [0, 0.1) is 0 Å². The summed E-state index contributed by atoms with van der Waals surface area (Å²) < 4.78 is 5.18. The number of amides is 2. The molecule has 2 amide bonds. The maximum atomic E-state index is 12.0. The molecule has 0 radical (unpaired) electrons. The summed E-state index contributed by atoms with van der Waals surface area (Å²) in [6.45, 7) is 0.436. The maximum Gasteiger partial charge on any atom is 0.319 e. The van der Waals surface area contributed by atoms with E-state index in [1.807, 2.05) is 66.7 Å². The summed E-state index contributed by atoms with van der Waals surface area (Å²) in [6.07, 6.45) is 0. The molecule has 0 aliphatic heterocycles. The quantitative estimate of drug-likeness (QED) is 0.712. The highest BCUT2D eigenvalue weighted by atomic mass is 16.5. The summed E-state index contributed by atoms with van der Waals surface area (Å²) in [4.78, 5) is 12.0. The summed E-state index contributed by atoms with van der Waals surface area (Å²) in [5.41, 5.74) is 4.00. The molecule has 0 saturated heterocycles. The van der Waals surface area contributed by atoms with E-state index < -0.39 is 0 Å². The molecule has 4 nitrogen and oxygen atoms in total. The van der Waals surface area contributed by atoms with E-state index in [2.05, 4.69) is 22.8 Å². The van der Waals surface area contributed by atoms with E-state index in [-0.39, 0.29) is 6.03 Å². The average Bonchev–Trinajstić information content (AvgIpc) is 2.68. The molecule has 0 fully saturated rings. The van der Waals surface area contributed by atoms with Crippen LogP contribution in [0.1, 0.15) is 5.56 Å². The first-order chi connectivity index (χ1) is 12.2. The van der Waals surface area contributed by atoms with Gasteiger partial charge in [-0.25, -0.2) is 4.79 Å². The smallest absolute Gasteiger partial charge is 0.319 e. The minimum absolute atomic E-state index is 0.240. The number of carbonyl (C=O) groups is 1. The van der Waals surface area contributed by atoms with Gasteiger partial charge in [0.15, 0.2) is 0 Å². The van der Waals surface area contributed by atoms with Crippen molar-refractivity contribution >= 4 is 11.7 Å². The SMILES string of the molecule is COc1cccc(CNC(=O)Nc2ccc(-c3ccccc3)cc2)c1. The van der Waals surface area contributed by atoms with Gasteiger partial charge in [0.25, 0.3) is 0 Å². The molecule has 2 N–H and O–H groups in total. The van der Waals surface area contributed by atoms with Crippen LogP contribution in [0.5, 0.6) is 5.75 Å². The molecule has 0 atom stereocenters. The molecule has 0 bridgehead atoms. The lowest BCUT2D eigenvalue weighted by atomic mass is 10.1. The second-order valence-electron chi connectivity index (χ2n) is 5.60. The number of methoxy groups -OCH3 is 1. The fraction of sp³-hybridized carbons (Fsp3) is 0.0952. The molecule has 25 heavy (non-hydrogen) atoms. The maximum absolute atomic E-state index is 12.0. The van der Waals surface area contributed by atoms with Crippen molar-refractivity contribution in [2.24, 2.45) is 0 Å². The standard InChI is InChI=1S/C21H20N2O2/c1-25-20-9-5-6-16(14-20)15-22-21(24)23-19-12-10-18(11-13-19)17-7-3-2-4-8-17/h2-14H,15H2,1H3,(H2,22,23,24). The first-order valence-corrected chi connectivity index (χ1v) is 8.08. The molecule has 0 saturated carbocycles. The van der Waals surface area contributed by atoms with Crippen molar-refractivity contribution in [3.8, 4) is 16.9 Å². The van der Waals surface area contributed by atoms with Gasteiger partial charge in [-0.2, -0.15) is 0 Å². The lowest BCUT2D eigenvalue weighted by molar-refractivity contribution is 0.251. The lowest BCUT2D eigenvalue weighted by Gasteiger charge is -2.09. The molecule has 3 rings (SSSR count). The van der Waals surface area contributed by atoms with Gasteiger partial charge in [-0.05, 0) is 41.0 Å². The predicted molar refractivity (Wildman–Crippen MR) is 101 cm³/mol. The molecular formula is C21H20N2O2. The zero-order valence-corrected chi connectivity index (χ0v) is 14.0. The fourth-order valence-corrected chi connectivity index (χ4v) is 2.52. The van der Waals surface area contributed by atoms with Gasteiger partial charge in [-0.1, -0.05) is 54.6 Å². The number of carbonyl (C=O) groups excluding carboxylic acids is 1. The van der Waals surface area contributed by atoms with Crippen molar-refractivity contribution in [1.29, 1.82) is 0 Å². The lowest BCUT2D eigenvalue weighted by Crippen LogP contribution is -2.28. The van der Waals surface area contributed by atoms with Gasteiger partial charge >= 0.3 is 6.03 Å². The van der Waals surface area contributed by atoms with E-state index in [0.717, 1.165) is 28.1 Å². The molecule has 0 spiro atoms. The summed E-state index contributed by atoms with van der Waals surface area (Å²) in [5.74, 6) is 0.774. The number of rotatable bonds is 5. The molecular weight excluding hydrogens is 312 g/mol. The van der Waals surface area contributed by atoms with E-state index in [1.165, 1.54) is 0 Å². The van der Waals surface area contributed by atoms with E-state index in [1.54, 1.807) is 7.11 Å².